The molecule has 26 heavy (non-hydrogen) atoms. The van der Waals surface area contributed by atoms with Gasteiger partial charge in [-0.3, -0.25) is 10.1 Å². The number of imide groups is 1. The molecule has 1 saturated heterocycles. The van der Waals surface area contributed by atoms with Crippen molar-refractivity contribution in [2.45, 2.75) is 43.7 Å². The number of benzene rings is 1. The van der Waals surface area contributed by atoms with E-state index in [1.807, 2.05) is 12.1 Å². The molecule has 2 N–H and O–H groups in total. The number of thioether (sulfide) groups is 1. The second kappa shape index (κ2) is 10.2. The largest absolute Gasteiger partial charge is 0.452 e. The lowest BCUT2D eigenvalue weighted by atomic mass is 10.2. The number of hydrogen-bond acceptors (Lipinski definition) is 6. The molecule has 1 aliphatic heterocycles. The first-order chi connectivity index (χ1) is 12.5. The zero-order chi connectivity index (χ0) is 18.9. The Balaban J connectivity index is 1.84. The van der Waals surface area contributed by atoms with E-state index in [0.29, 0.717) is 5.56 Å². The third-order valence-electron chi connectivity index (χ3n) is 3.56. The van der Waals surface area contributed by atoms with Crippen LogP contribution in [-0.2, 0) is 14.3 Å². The number of amides is 3. The van der Waals surface area contributed by atoms with Crippen molar-refractivity contribution in [1.82, 2.24) is 10.6 Å². The molecule has 3 amide bonds. The SMILES string of the molecule is CC(C)NC(=O)NC(=O)COC(=O)c1ccccc1SCC1CCCO1. The van der Waals surface area contributed by atoms with E-state index >= 15 is 0 Å². The fourth-order valence-electron chi connectivity index (χ4n) is 2.39. The van der Waals surface area contributed by atoms with Crippen LogP contribution >= 0.6 is 11.8 Å². The fourth-order valence-corrected chi connectivity index (χ4v) is 3.50. The smallest absolute Gasteiger partial charge is 0.339 e. The zero-order valence-corrected chi connectivity index (χ0v) is 15.8. The molecule has 142 valence electrons. The van der Waals surface area contributed by atoms with Crippen LogP contribution in [0.25, 0.3) is 0 Å². The number of esters is 1. The van der Waals surface area contributed by atoms with Gasteiger partial charge in [-0.2, -0.15) is 0 Å². The molecule has 1 atom stereocenters. The van der Waals surface area contributed by atoms with Crippen molar-refractivity contribution in [3.63, 3.8) is 0 Å². The lowest BCUT2D eigenvalue weighted by molar-refractivity contribution is -0.123. The van der Waals surface area contributed by atoms with Crippen LogP contribution in [0.3, 0.4) is 0 Å². The van der Waals surface area contributed by atoms with E-state index in [4.69, 9.17) is 9.47 Å². The van der Waals surface area contributed by atoms with Gasteiger partial charge in [0.2, 0.25) is 0 Å². The van der Waals surface area contributed by atoms with Crippen LogP contribution in [0.2, 0.25) is 0 Å². The number of hydrogen-bond donors (Lipinski definition) is 2. The van der Waals surface area contributed by atoms with E-state index in [0.717, 1.165) is 30.1 Å². The van der Waals surface area contributed by atoms with Gasteiger partial charge >= 0.3 is 12.0 Å². The van der Waals surface area contributed by atoms with Crippen LogP contribution in [-0.4, -0.2) is 49.0 Å². The summed E-state index contributed by atoms with van der Waals surface area (Å²) in [7, 11) is 0. The summed E-state index contributed by atoms with van der Waals surface area (Å²) < 4.78 is 10.6. The van der Waals surface area contributed by atoms with Gasteiger partial charge < -0.3 is 14.8 Å². The molecule has 0 spiro atoms. The van der Waals surface area contributed by atoms with Crippen LogP contribution < -0.4 is 10.6 Å². The Morgan fingerprint density at radius 3 is 2.77 bits per heavy atom. The quantitative estimate of drug-likeness (QED) is 0.557. The molecular formula is C18H24N2O5S. The molecular weight excluding hydrogens is 356 g/mol. The lowest BCUT2D eigenvalue weighted by Gasteiger charge is -2.12. The molecule has 0 saturated carbocycles. The van der Waals surface area contributed by atoms with Crippen LogP contribution in [0, 0.1) is 0 Å². The van der Waals surface area contributed by atoms with Crippen LogP contribution in [0.4, 0.5) is 4.79 Å². The van der Waals surface area contributed by atoms with E-state index in [-0.39, 0.29) is 12.1 Å². The Morgan fingerprint density at radius 2 is 2.08 bits per heavy atom. The molecule has 0 bridgehead atoms. The van der Waals surface area contributed by atoms with Gasteiger partial charge in [0.25, 0.3) is 5.91 Å². The van der Waals surface area contributed by atoms with Crippen molar-refractivity contribution >= 4 is 29.7 Å². The van der Waals surface area contributed by atoms with E-state index in [2.05, 4.69) is 10.6 Å². The number of nitrogens with one attached hydrogen (secondary N) is 2. The average Bonchev–Trinajstić information content (AvgIpc) is 3.11. The van der Waals surface area contributed by atoms with Crippen molar-refractivity contribution < 1.29 is 23.9 Å². The summed E-state index contributed by atoms with van der Waals surface area (Å²) >= 11 is 1.53. The second-order valence-corrected chi connectivity index (χ2v) is 7.26. The number of urea groups is 1. The predicted octanol–water partition coefficient (Wildman–Crippen LogP) is 2.35. The standard InChI is InChI=1S/C18H24N2O5S/c1-12(2)19-18(23)20-16(21)10-25-17(22)14-7-3-4-8-15(14)26-11-13-6-5-9-24-13/h3-4,7-8,12-13H,5-6,9-11H2,1-2H3,(H2,19,20,21,23). The average molecular weight is 380 g/mol. The Bertz CT molecular complexity index is 644. The van der Waals surface area contributed by atoms with Gasteiger partial charge in [-0.05, 0) is 38.8 Å². The molecule has 1 aromatic rings. The first-order valence-electron chi connectivity index (χ1n) is 8.56. The van der Waals surface area contributed by atoms with Crippen molar-refractivity contribution in [3.8, 4) is 0 Å². The lowest BCUT2D eigenvalue weighted by Crippen LogP contribution is -2.44. The minimum atomic E-state index is -0.680. The van der Waals surface area contributed by atoms with Crippen LogP contribution in [0.15, 0.2) is 29.2 Å². The Labute approximate surface area is 157 Å². The number of carbonyl (C=O) groups excluding carboxylic acids is 3. The molecule has 2 rings (SSSR count). The van der Waals surface area contributed by atoms with Gasteiger partial charge in [-0.15, -0.1) is 11.8 Å². The summed E-state index contributed by atoms with van der Waals surface area (Å²) in [5, 5.41) is 4.63. The van der Waals surface area contributed by atoms with Crippen molar-refractivity contribution in [3.05, 3.63) is 29.8 Å². The topological polar surface area (TPSA) is 93.7 Å². The van der Waals surface area contributed by atoms with E-state index in [9.17, 15) is 14.4 Å². The first kappa shape index (κ1) is 20.3. The number of rotatable bonds is 7. The fraction of sp³-hybridized carbons (Fsp3) is 0.500. The van der Waals surface area contributed by atoms with Crippen molar-refractivity contribution in [2.24, 2.45) is 0 Å². The van der Waals surface area contributed by atoms with E-state index in [1.165, 1.54) is 11.8 Å². The minimum Gasteiger partial charge on any atom is -0.452 e. The highest BCUT2D eigenvalue weighted by molar-refractivity contribution is 7.99. The highest BCUT2D eigenvalue weighted by Gasteiger charge is 2.19. The Hall–Kier alpha value is -2.06. The van der Waals surface area contributed by atoms with E-state index < -0.39 is 24.5 Å². The number of carbonyl (C=O) groups is 3. The molecule has 7 nitrogen and oxygen atoms in total. The molecule has 1 aliphatic rings. The highest BCUT2D eigenvalue weighted by Crippen LogP contribution is 2.27. The predicted molar refractivity (Wildman–Crippen MR) is 98.2 cm³/mol. The van der Waals surface area contributed by atoms with E-state index in [1.54, 1.807) is 26.0 Å². The molecule has 0 aromatic heterocycles. The summed E-state index contributed by atoms with van der Waals surface area (Å²) in [5.74, 6) is -0.513. The summed E-state index contributed by atoms with van der Waals surface area (Å²) in [5.41, 5.74) is 0.398. The highest BCUT2D eigenvalue weighted by atomic mass is 32.2. The maximum Gasteiger partial charge on any atom is 0.339 e. The Kier molecular flexibility index (Phi) is 7.93. The third-order valence-corrected chi connectivity index (χ3v) is 4.77. The normalized spacial score (nSPS) is 16.3. The van der Waals surface area contributed by atoms with Crippen molar-refractivity contribution in [2.75, 3.05) is 19.0 Å². The summed E-state index contributed by atoms with van der Waals surface area (Å²) in [4.78, 5) is 36.2. The van der Waals surface area contributed by atoms with Crippen LogP contribution in [0.1, 0.15) is 37.0 Å². The first-order valence-corrected chi connectivity index (χ1v) is 9.55. The minimum absolute atomic E-state index is 0.0990. The molecule has 1 aromatic carbocycles. The van der Waals surface area contributed by atoms with Gasteiger partial charge in [-0.1, -0.05) is 12.1 Å². The second-order valence-electron chi connectivity index (χ2n) is 6.19. The Morgan fingerprint density at radius 1 is 1.31 bits per heavy atom. The third kappa shape index (κ3) is 6.68. The molecule has 0 radical (unpaired) electrons. The van der Waals surface area contributed by atoms with Crippen molar-refractivity contribution in [1.29, 1.82) is 0 Å². The molecule has 0 aliphatic carbocycles. The molecule has 8 heteroatoms. The maximum absolute atomic E-state index is 12.3. The van der Waals surface area contributed by atoms with Gasteiger partial charge in [0, 0.05) is 23.3 Å². The van der Waals surface area contributed by atoms with Crippen LogP contribution in [0.5, 0.6) is 0 Å². The summed E-state index contributed by atoms with van der Waals surface area (Å²) in [6.45, 7) is 3.81. The molecule has 1 unspecified atom stereocenters. The summed E-state index contributed by atoms with van der Waals surface area (Å²) in [6.07, 6.45) is 2.29. The molecule has 1 fully saturated rings. The van der Waals surface area contributed by atoms with Gasteiger partial charge in [0.1, 0.15) is 0 Å². The zero-order valence-electron chi connectivity index (χ0n) is 14.9. The van der Waals surface area contributed by atoms with Gasteiger partial charge in [0.15, 0.2) is 6.61 Å². The summed E-state index contributed by atoms with van der Waals surface area (Å²) in [6, 6.07) is 6.36. The molecule has 1 heterocycles. The monoisotopic (exact) mass is 380 g/mol. The maximum atomic E-state index is 12.3. The van der Waals surface area contributed by atoms with Gasteiger partial charge in [0.05, 0.1) is 11.7 Å². The van der Waals surface area contributed by atoms with Gasteiger partial charge in [-0.25, -0.2) is 9.59 Å². The number of ether oxygens (including phenoxy) is 2.